The van der Waals surface area contributed by atoms with Crippen LogP contribution < -0.4 is 10.2 Å². The van der Waals surface area contributed by atoms with E-state index in [9.17, 15) is 0 Å². The molecule has 1 heterocycles. The normalized spacial score (nSPS) is 10.6. The van der Waals surface area contributed by atoms with Gasteiger partial charge in [0, 0.05) is 35.5 Å². The van der Waals surface area contributed by atoms with Crippen LogP contribution >= 0.6 is 11.3 Å². The fourth-order valence-corrected chi connectivity index (χ4v) is 2.96. The maximum absolute atomic E-state index is 4.38. The summed E-state index contributed by atoms with van der Waals surface area (Å²) in [5, 5.41) is 4.66. The summed E-state index contributed by atoms with van der Waals surface area (Å²) in [6, 6.07) is 8.66. The SMILES string of the molecule is CCc1ncc(CNc2ccc(N(CC)CC)cc2)s1. The Kier molecular flexibility index (Phi) is 5.41. The van der Waals surface area contributed by atoms with E-state index in [2.05, 4.69) is 60.2 Å². The summed E-state index contributed by atoms with van der Waals surface area (Å²) in [4.78, 5) is 8.01. The van der Waals surface area contributed by atoms with Crippen LogP contribution in [0.15, 0.2) is 30.5 Å². The van der Waals surface area contributed by atoms with Crippen LogP contribution in [-0.2, 0) is 13.0 Å². The van der Waals surface area contributed by atoms with Gasteiger partial charge in [0.1, 0.15) is 0 Å². The minimum atomic E-state index is 0.849. The molecule has 2 aromatic rings. The Balaban J connectivity index is 1.93. The smallest absolute Gasteiger partial charge is 0.0925 e. The maximum Gasteiger partial charge on any atom is 0.0925 e. The highest BCUT2D eigenvalue weighted by molar-refractivity contribution is 7.11. The molecule has 1 aromatic carbocycles. The van der Waals surface area contributed by atoms with Gasteiger partial charge in [-0.1, -0.05) is 6.92 Å². The van der Waals surface area contributed by atoms with Gasteiger partial charge in [-0.15, -0.1) is 11.3 Å². The maximum atomic E-state index is 4.38. The van der Waals surface area contributed by atoms with Crippen LogP contribution in [0, 0.1) is 0 Å². The number of aryl methyl sites for hydroxylation is 1. The van der Waals surface area contributed by atoms with Crippen molar-refractivity contribution in [2.45, 2.75) is 33.7 Å². The van der Waals surface area contributed by atoms with Crippen molar-refractivity contribution in [3.8, 4) is 0 Å². The Labute approximate surface area is 125 Å². The van der Waals surface area contributed by atoms with E-state index in [-0.39, 0.29) is 0 Å². The number of thiazole rings is 1. The number of rotatable bonds is 7. The zero-order valence-corrected chi connectivity index (χ0v) is 13.3. The van der Waals surface area contributed by atoms with Crippen molar-refractivity contribution >= 4 is 22.7 Å². The number of benzene rings is 1. The third kappa shape index (κ3) is 3.73. The summed E-state index contributed by atoms with van der Waals surface area (Å²) in [5.41, 5.74) is 2.44. The molecule has 0 aliphatic heterocycles. The van der Waals surface area contributed by atoms with E-state index in [1.165, 1.54) is 15.6 Å². The van der Waals surface area contributed by atoms with E-state index in [0.29, 0.717) is 0 Å². The lowest BCUT2D eigenvalue weighted by atomic mass is 10.2. The molecule has 1 aromatic heterocycles. The fourth-order valence-electron chi connectivity index (χ4n) is 2.16. The number of nitrogens with zero attached hydrogens (tertiary/aromatic N) is 2. The molecule has 0 aliphatic carbocycles. The third-order valence-corrected chi connectivity index (χ3v) is 4.51. The Morgan fingerprint density at radius 2 is 1.80 bits per heavy atom. The average molecular weight is 289 g/mol. The van der Waals surface area contributed by atoms with Crippen molar-refractivity contribution < 1.29 is 0 Å². The molecule has 2 rings (SSSR count). The van der Waals surface area contributed by atoms with Crippen molar-refractivity contribution in [3.63, 3.8) is 0 Å². The van der Waals surface area contributed by atoms with Crippen LogP contribution in [0.2, 0.25) is 0 Å². The highest BCUT2D eigenvalue weighted by Gasteiger charge is 2.02. The molecule has 108 valence electrons. The van der Waals surface area contributed by atoms with Crippen molar-refractivity contribution in [2.24, 2.45) is 0 Å². The van der Waals surface area contributed by atoms with Gasteiger partial charge >= 0.3 is 0 Å². The van der Waals surface area contributed by atoms with Gasteiger partial charge in [0.15, 0.2) is 0 Å². The van der Waals surface area contributed by atoms with Gasteiger partial charge in [-0.05, 0) is 44.5 Å². The van der Waals surface area contributed by atoms with E-state index in [4.69, 9.17) is 0 Å². The van der Waals surface area contributed by atoms with Crippen LogP contribution in [0.5, 0.6) is 0 Å². The molecule has 0 spiro atoms. The van der Waals surface area contributed by atoms with Crippen LogP contribution in [-0.4, -0.2) is 18.1 Å². The lowest BCUT2D eigenvalue weighted by Gasteiger charge is -2.21. The summed E-state index contributed by atoms with van der Waals surface area (Å²) in [6.07, 6.45) is 2.99. The standard InChI is InChI=1S/C16H23N3S/c1-4-16-18-12-15(20-16)11-17-13-7-9-14(10-8-13)19(5-2)6-3/h7-10,12,17H,4-6,11H2,1-3H3. The molecule has 0 amide bonds. The summed E-state index contributed by atoms with van der Waals surface area (Å²) >= 11 is 1.79. The molecule has 0 unspecified atom stereocenters. The number of aromatic nitrogens is 1. The van der Waals surface area contributed by atoms with Crippen LogP contribution in [0.4, 0.5) is 11.4 Å². The second-order valence-corrected chi connectivity index (χ2v) is 5.85. The summed E-state index contributed by atoms with van der Waals surface area (Å²) in [5.74, 6) is 0. The van der Waals surface area contributed by atoms with Crippen LogP contribution in [0.1, 0.15) is 30.7 Å². The number of anilines is 2. The molecule has 0 radical (unpaired) electrons. The Bertz CT molecular complexity index is 515. The monoisotopic (exact) mass is 289 g/mol. The van der Waals surface area contributed by atoms with Gasteiger partial charge < -0.3 is 10.2 Å². The molecule has 3 nitrogen and oxygen atoms in total. The summed E-state index contributed by atoms with van der Waals surface area (Å²) in [6.45, 7) is 9.45. The molecular formula is C16H23N3S. The minimum Gasteiger partial charge on any atom is -0.380 e. The molecular weight excluding hydrogens is 266 g/mol. The van der Waals surface area contributed by atoms with E-state index in [1.54, 1.807) is 11.3 Å². The largest absolute Gasteiger partial charge is 0.380 e. The Morgan fingerprint density at radius 3 is 2.35 bits per heavy atom. The van der Waals surface area contributed by atoms with Crippen molar-refractivity contribution in [1.82, 2.24) is 4.98 Å². The predicted octanol–water partition coefficient (Wildman–Crippen LogP) is 4.16. The number of nitrogens with one attached hydrogen (secondary N) is 1. The molecule has 4 heteroatoms. The molecule has 0 saturated heterocycles. The molecule has 1 N–H and O–H groups in total. The van der Waals surface area contributed by atoms with Gasteiger partial charge in [-0.2, -0.15) is 0 Å². The number of hydrogen-bond donors (Lipinski definition) is 1. The third-order valence-electron chi connectivity index (χ3n) is 3.37. The Morgan fingerprint density at radius 1 is 1.10 bits per heavy atom. The number of hydrogen-bond acceptors (Lipinski definition) is 4. The van der Waals surface area contributed by atoms with E-state index in [1.807, 2.05) is 6.20 Å². The summed E-state index contributed by atoms with van der Waals surface area (Å²) < 4.78 is 0. The second kappa shape index (κ2) is 7.29. The highest BCUT2D eigenvalue weighted by Crippen LogP contribution is 2.19. The van der Waals surface area contributed by atoms with Crippen molar-refractivity contribution in [3.05, 3.63) is 40.3 Å². The molecule has 0 saturated carbocycles. The minimum absolute atomic E-state index is 0.849. The van der Waals surface area contributed by atoms with Gasteiger partial charge in [0.25, 0.3) is 0 Å². The fraction of sp³-hybridized carbons (Fsp3) is 0.438. The average Bonchev–Trinajstić information content (AvgIpc) is 2.96. The van der Waals surface area contributed by atoms with Crippen LogP contribution in [0.3, 0.4) is 0 Å². The van der Waals surface area contributed by atoms with E-state index in [0.717, 1.165) is 31.7 Å². The van der Waals surface area contributed by atoms with Gasteiger partial charge in [-0.25, -0.2) is 4.98 Å². The lowest BCUT2D eigenvalue weighted by Crippen LogP contribution is -2.21. The molecule has 0 bridgehead atoms. The molecule has 0 aliphatic rings. The quantitative estimate of drug-likeness (QED) is 0.829. The lowest BCUT2D eigenvalue weighted by molar-refractivity contribution is 0.866. The predicted molar refractivity (Wildman–Crippen MR) is 88.8 cm³/mol. The first kappa shape index (κ1) is 14.9. The van der Waals surface area contributed by atoms with Crippen molar-refractivity contribution in [2.75, 3.05) is 23.3 Å². The zero-order valence-electron chi connectivity index (χ0n) is 12.5. The molecule has 0 fully saturated rings. The van der Waals surface area contributed by atoms with E-state index >= 15 is 0 Å². The Hall–Kier alpha value is -1.55. The van der Waals surface area contributed by atoms with Gasteiger partial charge in [-0.3, -0.25) is 0 Å². The first-order valence-electron chi connectivity index (χ1n) is 7.29. The zero-order chi connectivity index (χ0) is 14.4. The van der Waals surface area contributed by atoms with Crippen molar-refractivity contribution in [1.29, 1.82) is 0 Å². The molecule has 20 heavy (non-hydrogen) atoms. The first-order valence-corrected chi connectivity index (χ1v) is 8.10. The first-order chi connectivity index (χ1) is 9.76. The topological polar surface area (TPSA) is 28.2 Å². The highest BCUT2D eigenvalue weighted by atomic mass is 32.1. The second-order valence-electron chi connectivity index (χ2n) is 4.65. The van der Waals surface area contributed by atoms with Crippen LogP contribution in [0.25, 0.3) is 0 Å². The molecule has 0 atom stereocenters. The van der Waals surface area contributed by atoms with Gasteiger partial charge in [0.2, 0.25) is 0 Å². The summed E-state index contributed by atoms with van der Waals surface area (Å²) in [7, 11) is 0. The van der Waals surface area contributed by atoms with Gasteiger partial charge in [0.05, 0.1) is 11.6 Å². The van der Waals surface area contributed by atoms with E-state index < -0.39 is 0 Å².